The van der Waals surface area contributed by atoms with Gasteiger partial charge in [0.25, 0.3) is 0 Å². The molecule has 2 unspecified atom stereocenters. The molecule has 4 heterocycles. The Kier molecular flexibility index (Phi) is 7.73. The quantitative estimate of drug-likeness (QED) is 0.642. The molecular formula is C23H38N4O. The van der Waals surface area contributed by atoms with E-state index in [1.807, 2.05) is 12.4 Å². The van der Waals surface area contributed by atoms with Crippen molar-refractivity contribution < 1.29 is 4.74 Å². The van der Waals surface area contributed by atoms with Crippen LogP contribution in [0.2, 0.25) is 0 Å². The predicted molar refractivity (Wildman–Crippen MR) is 113 cm³/mol. The maximum absolute atomic E-state index is 6.07. The highest BCUT2D eigenvalue weighted by atomic mass is 16.5. The highest BCUT2D eigenvalue weighted by Gasteiger charge is 2.32. The molecule has 0 amide bonds. The van der Waals surface area contributed by atoms with E-state index in [1.165, 1.54) is 89.9 Å². The van der Waals surface area contributed by atoms with E-state index in [0.29, 0.717) is 0 Å². The Labute approximate surface area is 171 Å². The second kappa shape index (κ2) is 10.7. The van der Waals surface area contributed by atoms with Gasteiger partial charge >= 0.3 is 0 Å². The number of hydrogen-bond acceptors (Lipinski definition) is 5. The molecular weight excluding hydrogens is 348 g/mol. The summed E-state index contributed by atoms with van der Waals surface area (Å²) in [6, 6.07) is 5.03. The first-order chi connectivity index (χ1) is 13.9. The van der Waals surface area contributed by atoms with Gasteiger partial charge in [-0.15, -0.1) is 0 Å². The summed E-state index contributed by atoms with van der Waals surface area (Å²) in [7, 11) is 0. The zero-order valence-corrected chi connectivity index (χ0v) is 17.5. The summed E-state index contributed by atoms with van der Waals surface area (Å²) in [4.78, 5) is 12.1. The average molecular weight is 387 g/mol. The molecule has 2 atom stereocenters. The van der Waals surface area contributed by atoms with Crippen LogP contribution in [0.25, 0.3) is 0 Å². The van der Waals surface area contributed by atoms with Crippen molar-refractivity contribution in [3.05, 3.63) is 30.1 Å². The maximum Gasteiger partial charge on any atom is 0.0506 e. The van der Waals surface area contributed by atoms with E-state index in [9.17, 15) is 0 Å². The Bertz CT molecular complexity index is 563. The van der Waals surface area contributed by atoms with Gasteiger partial charge in [-0.05, 0) is 68.8 Å². The van der Waals surface area contributed by atoms with Crippen LogP contribution in [-0.2, 0) is 11.3 Å². The molecule has 5 heteroatoms. The standard InChI is InChI=1S/C23H38N4O/c1-2-11-25(12-3-1)13-4-16-28-20-22-5-6-23-19-26(14-15-27(23)18-22)17-21-7-9-24-10-8-21/h7-10,22-23H,1-6,11-20H2. The third-order valence-electron chi connectivity index (χ3n) is 6.81. The summed E-state index contributed by atoms with van der Waals surface area (Å²) in [5.74, 6) is 0.734. The largest absolute Gasteiger partial charge is 0.381 e. The Morgan fingerprint density at radius 2 is 1.79 bits per heavy atom. The van der Waals surface area contributed by atoms with Crippen LogP contribution < -0.4 is 0 Å². The molecule has 0 N–H and O–H groups in total. The minimum absolute atomic E-state index is 0.734. The third kappa shape index (κ3) is 5.99. The van der Waals surface area contributed by atoms with Crippen LogP contribution in [0.3, 0.4) is 0 Å². The van der Waals surface area contributed by atoms with E-state index in [0.717, 1.165) is 31.7 Å². The number of ether oxygens (including phenoxy) is 1. The van der Waals surface area contributed by atoms with Gasteiger partial charge in [-0.25, -0.2) is 0 Å². The Balaban J connectivity index is 1.10. The molecule has 3 saturated heterocycles. The number of piperazine rings is 1. The van der Waals surface area contributed by atoms with Gasteiger partial charge < -0.3 is 9.64 Å². The number of likely N-dealkylation sites (tertiary alicyclic amines) is 1. The molecule has 0 saturated carbocycles. The fourth-order valence-electron chi connectivity index (χ4n) is 5.17. The molecule has 1 aromatic rings. The molecule has 3 fully saturated rings. The number of nitrogens with zero attached hydrogens (tertiary/aromatic N) is 4. The molecule has 5 nitrogen and oxygen atoms in total. The van der Waals surface area contributed by atoms with Crippen molar-refractivity contribution >= 4 is 0 Å². The average Bonchev–Trinajstić information content (AvgIpc) is 2.75. The van der Waals surface area contributed by atoms with Crippen LogP contribution in [0.5, 0.6) is 0 Å². The summed E-state index contributed by atoms with van der Waals surface area (Å²) >= 11 is 0. The van der Waals surface area contributed by atoms with Gasteiger partial charge in [0.15, 0.2) is 0 Å². The van der Waals surface area contributed by atoms with Gasteiger partial charge in [0, 0.05) is 64.3 Å². The first-order valence-electron chi connectivity index (χ1n) is 11.5. The number of pyridine rings is 1. The molecule has 0 aliphatic carbocycles. The second-order valence-electron chi connectivity index (χ2n) is 9.01. The molecule has 0 aromatic carbocycles. The highest BCUT2D eigenvalue weighted by molar-refractivity contribution is 5.09. The Morgan fingerprint density at radius 1 is 0.929 bits per heavy atom. The minimum atomic E-state index is 0.734. The number of hydrogen-bond donors (Lipinski definition) is 0. The second-order valence-corrected chi connectivity index (χ2v) is 9.01. The van der Waals surface area contributed by atoms with Crippen molar-refractivity contribution in [1.82, 2.24) is 19.7 Å². The molecule has 4 rings (SSSR count). The first kappa shape index (κ1) is 20.3. The first-order valence-corrected chi connectivity index (χ1v) is 11.5. The Hall–Kier alpha value is -1.01. The van der Waals surface area contributed by atoms with Crippen LogP contribution >= 0.6 is 0 Å². The minimum Gasteiger partial charge on any atom is -0.381 e. The predicted octanol–water partition coefficient (Wildman–Crippen LogP) is 2.87. The number of fused-ring (bicyclic) bond motifs is 1. The van der Waals surface area contributed by atoms with Gasteiger partial charge in [-0.3, -0.25) is 14.8 Å². The van der Waals surface area contributed by atoms with Gasteiger partial charge in [0.05, 0.1) is 6.61 Å². The van der Waals surface area contributed by atoms with E-state index in [1.54, 1.807) is 0 Å². The van der Waals surface area contributed by atoms with Crippen molar-refractivity contribution in [3.63, 3.8) is 0 Å². The summed E-state index contributed by atoms with van der Waals surface area (Å²) < 4.78 is 6.07. The van der Waals surface area contributed by atoms with E-state index in [2.05, 4.69) is 31.8 Å². The van der Waals surface area contributed by atoms with Crippen molar-refractivity contribution in [2.24, 2.45) is 5.92 Å². The highest BCUT2D eigenvalue weighted by Crippen LogP contribution is 2.26. The van der Waals surface area contributed by atoms with E-state index >= 15 is 0 Å². The fraction of sp³-hybridized carbons (Fsp3) is 0.783. The lowest BCUT2D eigenvalue weighted by molar-refractivity contribution is -0.00316. The zero-order chi connectivity index (χ0) is 19.0. The van der Waals surface area contributed by atoms with Crippen molar-refractivity contribution in [2.75, 3.05) is 59.0 Å². The van der Waals surface area contributed by atoms with Crippen LogP contribution in [0, 0.1) is 5.92 Å². The van der Waals surface area contributed by atoms with Gasteiger partial charge in [0.2, 0.25) is 0 Å². The van der Waals surface area contributed by atoms with Crippen LogP contribution in [-0.4, -0.2) is 84.8 Å². The van der Waals surface area contributed by atoms with E-state index in [-0.39, 0.29) is 0 Å². The summed E-state index contributed by atoms with van der Waals surface area (Å²) in [6.07, 6.45) is 11.9. The van der Waals surface area contributed by atoms with Crippen LogP contribution in [0.4, 0.5) is 0 Å². The molecule has 156 valence electrons. The SMILES string of the molecule is c1cc(CN2CCN3CC(COCCCN4CCCCC4)CCC3C2)ccn1. The molecule has 0 bridgehead atoms. The monoisotopic (exact) mass is 386 g/mol. The molecule has 0 radical (unpaired) electrons. The van der Waals surface area contributed by atoms with Gasteiger partial charge in [-0.1, -0.05) is 6.42 Å². The summed E-state index contributed by atoms with van der Waals surface area (Å²) in [5, 5.41) is 0. The van der Waals surface area contributed by atoms with Crippen LogP contribution in [0.15, 0.2) is 24.5 Å². The topological polar surface area (TPSA) is 31.8 Å². The molecule has 1 aromatic heterocycles. The zero-order valence-electron chi connectivity index (χ0n) is 17.5. The number of aromatic nitrogens is 1. The lowest BCUT2D eigenvalue weighted by Gasteiger charge is -2.46. The summed E-state index contributed by atoms with van der Waals surface area (Å²) in [6.45, 7) is 11.6. The number of rotatable bonds is 8. The van der Waals surface area contributed by atoms with Gasteiger partial charge in [0.1, 0.15) is 0 Å². The summed E-state index contributed by atoms with van der Waals surface area (Å²) in [5.41, 5.74) is 1.38. The van der Waals surface area contributed by atoms with Crippen molar-refractivity contribution in [2.45, 2.75) is 51.1 Å². The van der Waals surface area contributed by atoms with Crippen molar-refractivity contribution in [1.29, 1.82) is 0 Å². The lowest BCUT2D eigenvalue weighted by Crippen LogP contribution is -2.56. The maximum atomic E-state index is 6.07. The van der Waals surface area contributed by atoms with E-state index in [4.69, 9.17) is 4.74 Å². The molecule has 3 aliphatic rings. The normalized spacial score (nSPS) is 27.6. The molecule has 0 spiro atoms. The smallest absolute Gasteiger partial charge is 0.0506 e. The Morgan fingerprint density at radius 3 is 2.64 bits per heavy atom. The van der Waals surface area contributed by atoms with Crippen LogP contribution in [0.1, 0.15) is 44.1 Å². The molecule has 3 aliphatic heterocycles. The van der Waals surface area contributed by atoms with Gasteiger partial charge in [-0.2, -0.15) is 0 Å². The number of piperidine rings is 2. The third-order valence-corrected chi connectivity index (χ3v) is 6.81. The van der Waals surface area contributed by atoms with E-state index < -0.39 is 0 Å². The fourth-order valence-corrected chi connectivity index (χ4v) is 5.17. The molecule has 28 heavy (non-hydrogen) atoms. The lowest BCUT2D eigenvalue weighted by atomic mass is 9.91. The van der Waals surface area contributed by atoms with Crippen molar-refractivity contribution in [3.8, 4) is 0 Å².